The van der Waals surface area contributed by atoms with E-state index in [1.54, 1.807) is 6.92 Å². The molecule has 0 atom stereocenters. The standard InChI is InChI=1S/C18H15F5O2/c1-3-25-13-7-6-11(14(17(13)21)18(22)23)12(24)8-10-5-4-9(2)15(19)16(10)20/h4-7,18H,3,8H2,1-2H3. The Morgan fingerprint density at radius 3 is 2.32 bits per heavy atom. The van der Waals surface area contributed by atoms with Gasteiger partial charge in [-0.1, -0.05) is 12.1 Å². The molecule has 0 aliphatic carbocycles. The van der Waals surface area contributed by atoms with E-state index in [0.29, 0.717) is 0 Å². The summed E-state index contributed by atoms with van der Waals surface area (Å²) in [7, 11) is 0. The fourth-order valence-electron chi connectivity index (χ4n) is 2.39. The minimum absolute atomic E-state index is 0.0501. The minimum Gasteiger partial charge on any atom is -0.491 e. The Labute approximate surface area is 141 Å². The van der Waals surface area contributed by atoms with Gasteiger partial charge in [0.25, 0.3) is 6.43 Å². The van der Waals surface area contributed by atoms with E-state index in [9.17, 15) is 26.7 Å². The van der Waals surface area contributed by atoms with Crippen molar-refractivity contribution in [1.29, 1.82) is 0 Å². The van der Waals surface area contributed by atoms with Crippen LogP contribution in [-0.4, -0.2) is 12.4 Å². The van der Waals surface area contributed by atoms with E-state index in [-0.39, 0.29) is 17.7 Å². The molecule has 0 unspecified atom stereocenters. The van der Waals surface area contributed by atoms with Gasteiger partial charge < -0.3 is 4.74 Å². The van der Waals surface area contributed by atoms with Gasteiger partial charge in [0.1, 0.15) is 0 Å². The van der Waals surface area contributed by atoms with Crippen LogP contribution in [0.3, 0.4) is 0 Å². The van der Waals surface area contributed by atoms with Crippen molar-refractivity contribution in [2.24, 2.45) is 0 Å². The van der Waals surface area contributed by atoms with Gasteiger partial charge in [-0.05, 0) is 37.1 Å². The Hall–Kier alpha value is -2.44. The zero-order valence-electron chi connectivity index (χ0n) is 13.5. The van der Waals surface area contributed by atoms with Crippen LogP contribution in [0.15, 0.2) is 24.3 Å². The van der Waals surface area contributed by atoms with Gasteiger partial charge in [-0.3, -0.25) is 4.79 Å². The molecule has 0 radical (unpaired) electrons. The lowest BCUT2D eigenvalue weighted by Gasteiger charge is -2.13. The largest absolute Gasteiger partial charge is 0.491 e. The molecule has 0 spiro atoms. The van der Waals surface area contributed by atoms with Crippen LogP contribution in [0.5, 0.6) is 5.75 Å². The highest BCUT2D eigenvalue weighted by atomic mass is 19.3. The molecule has 0 aliphatic heterocycles. The number of Topliss-reactive ketones (excluding diaryl/α,β-unsaturated/α-hetero) is 1. The van der Waals surface area contributed by atoms with Gasteiger partial charge >= 0.3 is 0 Å². The predicted octanol–water partition coefficient (Wildman–Crippen LogP) is 5.17. The van der Waals surface area contributed by atoms with Crippen LogP contribution in [-0.2, 0) is 6.42 Å². The quantitative estimate of drug-likeness (QED) is 0.526. The molecular weight excluding hydrogens is 343 g/mol. The Kier molecular flexibility index (Phi) is 5.77. The van der Waals surface area contributed by atoms with E-state index < -0.39 is 53.0 Å². The smallest absolute Gasteiger partial charge is 0.267 e. The molecule has 25 heavy (non-hydrogen) atoms. The van der Waals surface area contributed by atoms with E-state index in [1.807, 2.05) is 0 Å². The summed E-state index contributed by atoms with van der Waals surface area (Å²) < 4.78 is 73.0. The summed E-state index contributed by atoms with van der Waals surface area (Å²) in [5.74, 6) is -5.02. The number of carbonyl (C=O) groups excluding carboxylic acids is 1. The lowest BCUT2D eigenvalue weighted by atomic mass is 9.97. The van der Waals surface area contributed by atoms with Crippen molar-refractivity contribution < 1.29 is 31.5 Å². The lowest BCUT2D eigenvalue weighted by Crippen LogP contribution is -2.12. The van der Waals surface area contributed by atoms with Crippen molar-refractivity contribution in [3.05, 3.63) is 64.0 Å². The summed E-state index contributed by atoms with van der Waals surface area (Å²) in [6, 6.07) is 4.52. The zero-order valence-corrected chi connectivity index (χ0v) is 13.5. The highest BCUT2D eigenvalue weighted by molar-refractivity contribution is 5.99. The Morgan fingerprint density at radius 1 is 1.04 bits per heavy atom. The minimum atomic E-state index is -3.26. The van der Waals surface area contributed by atoms with Crippen molar-refractivity contribution in [1.82, 2.24) is 0 Å². The van der Waals surface area contributed by atoms with Crippen LogP contribution in [0, 0.1) is 24.4 Å². The van der Waals surface area contributed by atoms with Crippen LogP contribution < -0.4 is 4.74 Å². The summed E-state index contributed by atoms with van der Waals surface area (Å²) >= 11 is 0. The Bertz CT molecular complexity index is 803. The third-order valence-electron chi connectivity index (χ3n) is 3.67. The topological polar surface area (TPSA) is 26.3 Å². The Morgan fingerprint density at radius 2 is 1.72 bits per heavy atom. The predicted molar refractivity (Wildman–Crippen MR) is 81.7 cm³/mol. The second-order valence-electron chi connectivity index (χ2n) is 5.34. The summed E-state index contributed by atoms with van der Waals surface area (Å²) in [5, 5.41) is 0. The van der Waals surface area contributed by atoms with Gasteiger partial charge in [0.05, 0.1) is 12.2 Å². The average molecular weight is 358 g/mol. The first-order chi connectivity index (χ1) is 11.8. The summed E-state index contributed by atoms with van der Waals surface area (Å²) in [5.41, 5.74) is -1.93. The van der Waals surface area contributed by atoms with E-state index in [1.165, 1.54) is 19.1 Å². The molecule has 0 saturated heterocycles. The van der Waals surface area contributed by atoms with E-state index in [2.05, 4.69) is 0 Å². The first-order valence-electron chi connectivity index (χ1n) is 7.47. The van der Waals surface area contributed by atoms with Crippen LogP contribution in [0.2, 0.25) is 0 Å². The molecule has 0 bridgehead atoms. The number of rotatable bonds is 6. The fourth-order valence-corrected chi connectivity index (χ4v) is 2.39. The third-order valence-corrected chi connectivity index (χ3v) is 3.67. The highest BCUT2D eigenvalue weighted by Gasteiger charge is 2.26. The van der Waals surface area contributed by atoms with Crippen molar-refractivity contribution in [2.45, 2.75) is 26.7 Å². The van der Waals surface area contributed by atoms with Crippen LogP contribution in [0.25, 0.3) is 0 Å². The lowest BCUT2D eigenvalue weighted by molar-refractivity contribution is 0.0973. The molecular formula is C18H15F5O2. The third kappa shape index (κ3) is 3.81. The number of ether oxygens (including phenoxy) is 1. The molecule has 0 aromatic heterocycles. The second-order valence-corrected chi connectivity index (χ2v) is 5.34. The van der Waals surface area contributed by atoms with Gasteiger partial charge in [-0.15, -0.1) is 0 Å². The summed E-state index contributed by atoms with van der Waals surface area (Å²) in [6.07, 6.45) is -3.94. The number of hydrogen-bond donors (Lipinski definition) is 0. The number of carbonyl (C=O) groups is 1. The van der Waals surface area contributed by atoms with Crippen LogP contribution in [0.1, 0.15) is 40.4 Å². The second kappa shape index (κ2) is 7.63. The summed E-state index contributed by atoms with van der Waals surface area (Å²) in [6.45, 7) is 2.96. The number of benzene rings is 2. The van der Waals surface area contributed by atoms with E-state index in [0.717, 1.165) is 12.1 Å². The molecule has 0 fully saturated rings. The average Bonchev–Trinajstić information content (AvgIpc) is 2.56. The molecule has 134 valence electrons. The normalized spacial score (nSPS) is 11.0. The molecule has 0 saturated carbocycles. The number of alkyl halides is 2. The van der Waals surface area contributed by atoms with Crippen LogP contribution in [0.4, 0.5) is 22.0 Å². The van der Waals surface area contributed by atoms with Crippen molar-refractivity contribution in [2.75, 3.05) is 6.61 Å². The molecule has 2 aromatic rings. The number of halogens is 5. The summed E-state index contributed by atoms with van der Waals surface area (Å²) in [4.78, 5) is 12.3. The molecule has 2 rings (SSSR count). The highest BCUT2D eigenvalue weighted by Crippen LogP contribution is 2.32. The maximum atomic E-state index is 14.2. The van der Waals surface area contributed by atoms with E-state index >= 15 is 0 Å². The number of aryl methyl sites for hydroxylation is 1. The molecule has 2 aromatic carbocycles. The van der Waals surface area contributed by atoms with Gasteiger partial charge in [0.15, 0.2) is 29.0 Å². The SMILES string of the molecule is CCOc1ccc(C(=O)Cc2ccc(C)c(F)c2F)c(C(F)F)c1F. The fraction of sp³-hybridized carbons (Fsp3) is 0.278. The van der Waals surface area contributed by atoms with Crippen LogP contribution >= 0.6 is 0 Å². The van der Waals surface area contributed by atoms with Crippen molar-refractivity contribution in [3.63, 3.8) is 0 Å². The van der Waals surface area contributed by atoms with E-state index in [4.69, 9.17) is 4.74 Å². The van der Waals surface area contributed by atoms with Gasteiger partial charge in [-0.25, -0.2) is 22.0 Å². The number of ketones is 1. The van der Waals surface area contributed by atoms with Gasteiger partial charge in [-0.2, -0.15) is 0 Å². The Balaban J connectivity index is 2.43. The molecule has 2 nitrogen and oxygen atoms in total. The molecule has 0 aliphatic rings. The molecule has 0 heterocycles. The first-order valence-corrected chi connectivity index (χ1v) is 7.47. The number of hydrogen-bond acceptors (Lipinski definition) is 2. The van der Waals surface area contributed by atoms with Crippen molar-refractivity contribution in [3.8, 4) is 5.75 Å². The zero-order chi connectivity index (χ0) is 18.7. The monoisotopic (exact) mass is 358 g/mol. The molecule has 0 amide bonds. The van der Waals surface area contributed by atoms with Gasteiger partial charge in [0, 0.05) is 12.0 Å². The maximum absolute atomic E-state index is 14.2. The first kappa shape index (κ1) is 18.9. The van der Waals surface area contributed by atoms with Crippen molar-refractivity contribution >= 4 is 5.78 Å². The molecule has 7 heteroatoms. The molecule has 0 N–H and O–H groups in total. The van der Waals surface area contributed by atoms with Gasteiger partial charge in [0.2, 0.25) is 0 Å². The maximum Gasteiger partial charge on any atom is 0.267 e.